The van der Waals surface area contributed by atoms with Crippen LogP contribution in [0.1, 0.15) is 54.6 Å². The lowest BCUT2D eigenvalue weighted by Crippen LogP contribution is -2.47. The average Bonchev–Trinajstić information content (AvgIpc) is 2.87. The van der Waals surface area contributed by atoms with Gasteiger partial charge in [-0.05, 0) is 43.4 Å². The quantitative estimate of drug-likeness (QED) is 0.284. The SMILES string of the molecule is O=C(O)CCCCCNC(=O)[C@H](CCCNC(=O)OCc1ccccc1)NC(=O)c1ccccn1. The third-order valence-corrected chi connectivity index (χ3v) is 5.04. The predicted octanol–water partition coefficient (Wildman–Crippen LogP) is 2.65. The van der Waals surface area contributed by atoms with Gasteiger partial charge in [-0.15, -0.1) is 0 Å². The molecule has 2 aromatic rings. The molecular formula is C25H32N4O6. The first-order valence-corrected chi connectivity index (χ1v) is 11.6. The number of nitrogens with one attached hydrogen (secondary N) is 3. The van der Waals surface area contributed by atoms with Crippen LogP contribution in [-0.2, 0) is 20.9 Å². The lowest BCUT2D eigenvalue weighted by Gasteiger charge is -2.18. The van der Waals surface area contributed by atoms with E-state index >= 15 is 0 Å². The van der Waals surface area contributed by atoms with Crippen molar-refractivity contribution in [3.63, 3.8) is 0 Å². The highest BCUT2D eigenvalue weighted by Crippen LogP contribution is 2.04. The number of aromatic nitrogens is 1. The molecule has 4 N–H and O–H groups in total. The first-order chi connectivity index (χ1) is 17.0. The zero-order chi connectivity index (χ0) is 25.3. The molecule has 3 amide bonds. The van der Waals surface area contributed by atoms with E-state index in [1.165, 1.54) is 6.20 Å². The van der Waals surface area contributed by atoms with Gasteiger partial charge in [0.05, 0.1) is 0 Å². The van der Waals surface area contributed by atoms with Crippen molar-refractivity contribution in [2.45, 2.75) is 51.2 Å². The first kappa shape index (κ1) is 27.3. The van der Waals surface area contributed by atoms with E-state index in [-0.39, 0.29) is 31.2 Å². The molecule has 1 heterocycles. The first-order valence-electron chi connectivity index (χ1n) is 11.6. The molecule has 10 heteroatoms. The van der Waals surface area contributed by atoms with Crippen molar-refractivity contribution in [3.8, 4) is 0 Å². The number of benzene rings is 1. The van der Waals surface area contributed by atoms with Crippen LogP contribution >= 0.6 is 0 Å². The van der Waals surface area contributed by atoms with E-state index < -0.39 is 24.0 Å². The van der Waals surface area contributed by atoms with Crippen LogP contribution in [0.3, 0.4) is 0 Å². The Kier molecular flexibility index (Phi) is 12.3. The number of nitrogens with zero attached hydrogens (tertiary/aromatic N) is 1. The minimum atomic E-state index is -0.844. The van der Waals surface area contributed by atoms with Crippen LogP contribution in [-0.4, -0.2) is 53.1 Å². The molecular weight excluding hydrogens is 452 g/mol. The van der Waals surface area contributed by atoms with Gasteiger partial charge in [0.25, 0.3) is 5.91 Å². The number of carboxylic acid groups (broad SMARTS) is 1. The molecule has 0 aliphatic rings. The highest BCUT2D eigenvalue weighted by atomic mass is 16.5. The fourth-order valence-corrected chi connectivity index (χ4v) is 3.18. The van der Waals surface area contributed by atoms with Gasteiger partial charge in [-0.2, -0.15) is 0 Å². The Hall–Kier alpha value is -3.95. The van der Waals surface area contributed by atoms with Crippen molar-refractivity contribution in [2.75, 3.05) is 13.1 Å². The summed E-state index contributed by atoms with van der Waals surface area (Å²) in [5, 5.41) is 16.8. The molecule has 10 nitrogen and oxygen atoms in total. The molecule has 1 aromatic heterocycles. The maximum absolute atomic E-state index is 12.7. The Bertz CT molecular complexity index is 939. The summed E-state index contributed by atoms with van der Waals surface area (Å²) < 4.78 is 5.16. The van der Waals surface area contributed by atoms with Crippen LogP contribution in [0, 0.1) is 0 Å². The summed E-state index contributed by atoms with van der Waals surface area (Å²) in [6.07, 6.45) is 3.60. The molecule has 35 heavy (non-hydrogen) atoms. The average molecular weight is 485 g/mol. The van der Waals surface area contributed by atoms with E-state index in [1.54, 1.807) is 18.2 Å². The van der Waals surface area contributed by atoms with Gasteiger partial charge in [0.2, 0.25) is 5.91 Å². The third-order valence-electron chi connectivity index (χ3n) is 5.04. The Morgan fingerprint density at radius 1 is 0.886 bits per heavy atom. The number of alkyl carbamates (subject to hydrolysis) is 1. The second-order valence-corrected chi connectivity index (χ2v) is 7.87. The van der Waals surface area contributed by atoms with E-state index in [0.29, 0.717) is 38.6 Å². The topological polar surface area (TPSA) is 147 Å². The predicted molar refractivity (Wildman–Crippen MR) is 128 cm³/mol. The van der Waals surface area contributed by atoms with Gasteiger partial charge in [0, 0.05) is 25.7 Å². The molecule has 0 aliphatic heterocycles. The zero-order valence-corrected chi connectivity index (χ0v) is 19.6. The van der Waals surface area contributed by atoms with Gasteiger partial charge in [0.1, 0.15) is 18.3 Å². The lowest BCUT2D eigenvalue weighted by molar-refractivity contribution is -0.137. The summed E-state index contributed by atoms with van der Waals surface area (Å²) in [4.78, 5) is 51.7. The van der Waals surface area contributed by atoms with E-state index in [4.69, 9.17) is 9.84 Å². The normalized spacial score (nSPS) is 11.2. The highest BCUT2D eigenvalue weighted by molar-refractivity contribution is 5.96. The number of ether oxygens (including phenoxy) is 1. The summed E-state index contributed by atoms with van der Waals surface area (Å²) in [7, 11) is 0. The summed E-state index contributed by atoms with van der Waals surface area (Å²) in [6.45, 7) is 0.800. The standard InChI is InChI=1S/C25H32N4O6/c30-22(31)14-5-2-7-16-27-23(32)21(29-24(33)20-12-6-8-15-26-20)13-9-17-28-25(34)35-18-19-10-3-1-4-11-19/h1,3-4,6,8,10-12,15,21H,2,5,7,9,13-14,16-18H2,(H,27,32)(H,28,34)(H,29,33)(H,30,31)/t21-/m0/s1. The summed E-state index contributed by atoms with van der Waals surface area (Å²) >= 11 is 0. The van der Waals surface area contributed by atoms with E-state index in [1.807, 2.05) is 30.3 Å². The van der Waals surface area contributed by atoms with Crippen molar-refractivity contribution in [1.29, 1.82) is 0 Å². The molecule has 0 unspecified atom stereocenters. The summed E-state index contributed by atoms with van der Waals surface area (Å²) in [5.74, 6) is -1.66. The van der Waals surface area contributed by atoms with Gasteiger partial charge in [-0.25, -0.2) is 4.79 Å². The van der Waals surface area contributed by atoms with Crippen LogP contribution in [0.15, 0.2) is 54.7 Å². The second kappa shape index (κ2) is 15.8. The number of carbonyl (C=O) groups excluding carboxylic acids is 3. The van der Waals surface area contributed by atoms with Gasteiger partial charge < -0.3 is 25.8 Å². The fourth-order valence-electron chi connectivity index (χ4n) is 3.18. The minimum Gasteiger partial charge on any atom is -0.481 e. The van der Waals surface area contributed by atoms with Gasteiger partial charge >= 0.3 is 12.1 Å². The smallest absolute Gasteiger partial charge is 0.407 e. The number of pyridine rings is 1. The molecule has 2 rings (SSSR count). The number of aliphatic carboxylic acids is 1. The molecule has 0 aliphatic carbocycles. The molecule has 0 saturated carbocycles. The van der Waals surface area contributed by atoms with Crippen molar-refractivity contribution < 1.29 is 29.0 Å². The summed E-state index contributed by atoms with van der Waals surface area (Å²) in [6, 6.07) is 13.4. The van der Waals surface area contributed by atoms with Crippen molar-refractivity contribution in [1.82, 2.24) is 20.9 Å². The monoisotopic (exact) mass is 484 g/mol. The van der Waals surface area contributed by atoms with Crippen LogP contribution in [0.2, 0.25) is 0 Å². The summed E-state index contributed by atoms with van der Waals surface area (Å²) in [5.41, 5.74) is 1.07. The maximum Gasteiger partial charge on any atom is 0.407 e. The number of rotatable bonds is 15. The number of hydrogen-bond donors (Lipinski definition) is 4. The van der Waals surface area contributed by atoms with E-state index in [9.17, 15) is 19.2 Å². The minimum absolute atomic E-state index is 0.0947. The van der Waals surface area contributed by atoms with E-state index in [0.717, 1.165) is 5.56 Å². The molecule has 0 fully saturated rings. The number of hydrogen-bond acceptors (Lipinski definition) is 6. The Balaban J connectivity index is 1.78. The van der Waals surface area contributed by atoms with Crippen LogP contribution < -0.4 is 16.0 Å². The fraction of sp³-hybridized carbons (Fsp3) is 0.400. The molecule has 0 saturated heterocycles. The Morgan fingerprint density at radius 3 is 2.34 bits per heavy atom. The van der Waals surface area contributed by atoms with E-state index in [2.05, 4.69) is 20.9 Å². The molecule has 1 aromatic carbocycles. The van der Waals surface area contributed by atoms with Crippen LogP contribution in [0.25, 0.3) is 0 Å². The van der Waals surface area contributed by atoms with Gasteiger partial charge in [-0.1, -0.05) is 42.8 Å². The number of unbranched alkanes of at least 4 members (excludes halogenated alkanes) is 2. The largest absolute Gasteiger partial charge is 0.481 e. The third kappa shape index (κ3) is 11.6. The second-order valence-electron chi connectivity index (χ2n) is 7.87. The van der Waals surface area contributed by atoms with Crippen molar-refractivity contribution in [2.24, 2.45) is 0 Å². The highest BCUT2D eigenvalue weighted by Gasteiger charge is 2.21. The van der Waals surface area contributed by atoms with Crippen LogP contribution in [0.4, 0.5) is 4.79 Å². The lowest BCUT2D eigenvalue weighted by atomic mass is 10.1. The molecule has 0 radical (unpaired) electrons. The van der Waals surface area contributed by atoms with Crippen molar-refractivity contribution >= 4 is 23.9 Å². The molecule has 0 spiro atoms. The Labute approximate surface area is 204 Å². The molecule has 0 bridgehead atoms. The Morgan fingerprint density at radius 2 is 1.63 bits per heavy atom. The van der Waals surface area contributed by atoms with Gasteiger partial charge in [-0.3, -0.25) is 19.4 Å². The van der Waals surface area contributed by atoms with Crippen LogP contribution in [0.5, 0.6) is 0 Å². The van der Waals surface area contributed by atoms with Crippen molar-refractivity contribution in [3.05, 3.63) is 66.0 Å². The number of amides is 3. The molecule has 188 valence electrons. The number of carboxylic acids is 1. The molecule has 1 atom stereocenters. The number of carbonyl (C=O) groups is 4. The zero-order valence-electron chi connectivity index (χ0n) is 19.6. The van der Waals surface area contributed by atoms with Gasteiger partial charge in [0.15, 0.2) is 0 Å². The maximum atomic E-state index is 12.7.